The van der Waals surface area contributed by atoms with Crippen molar-refractivity contribution in [2.45, 2.75) is 16.7 Å². The van der Waals surface area contributed by atoms with Gasteiger partial charge >= 0.3 is 0 Å². The summed E-state index contributed by atoms with van der Waals surface area (Å²) in [6.45, 7) is 1.99. The maximum Gasteiger partial charge on any atom is 0.201 e. The molecular weight excluding hydrogens is 220 g/mol. The van der Waals surface area contributed by atoms with E-state index in [-0.39, 0.29) is 0 Å². The molecule has 3 rings (SSSR count). The molecule has 0 saturated carbocycles. The van der Waals surface area contributed by atoms with Crippen molar-refractivity contribution in [3.63, 3.8) is 0 Å². The Morgan fingerprint density at radius 2 is 1.75 bits per heavy atom. The van der Waals surface area contributed by atoms with Gasteiger partial charge in [-0.3, -0.25) is 0 Å². The molecule has 80 valence electrons. The first-order chi connectivity index (χ1) is 7.75. The first-order valence-electron chi connectivity index (χ1n) is 5.05. The molecule has 0 amide bonds. The van der Waals surface area contributed by atoms with Crippen LogP contribution in [0.1, 0.15) is 5.56 Å². The third kappa shape index (κ3) is 1.40. The first-order valence-corrected chi connectivity index (χ1v) is 6.20. The fourth-order valence-electron chi connectivity index (χ4n) is 1.77. The largest absolute Gasteiger partial charge is 0.606 e. The van der Waals surface area contributed by atoms with Crippen molar-refractivity contribution in [3.05, 3.63) is 48.0 Å². The van der Waals surface area contributed by atoms with Crippen LogP contribution in [0, 0.1) is 6.92 Å². The maximum absolute atomic E-state index is 12.3. The van der Waals surface area contributed by atoms with E-state index < -0.39 is 11.2 Å². The predicted octanol–water partition coefficient (Wildman–Crippen LogP) is 3.27. The lowest BCUT2D eigenvalue weighted by Crippen LogP contribution is -2.10. The average Bonchev–Trinajstić information content (AvgIpc) is 2.29. The molecule has 0 spiro atoms. The number of hydrogen-bond donors (Lipinski definition) is 0. The van der Waals surface area contributed by atoms with Gasteiger partial charge in [0.25, 0.3) is 0 Å². The summed E-state index contributed by atoms with van der Waals surface area (Å²) in [5.41, 5.74) is 1.11. The van der Waals surface area contributed by atoms with Crippen molar-refractivity contribution >= 4 is 11.2 Å². The molecule has 2 aromatic rings. The molecule has 1 aliphatic rings. The van der Waals surface area contributed by atoms with Crippen molar-refractivity contribution < 1.29 is 9.29 Å². The maximum atomic E-state index is 12.3. The van der Waals surface area contributed by atoms with Gasteiger partial charge < -0.3 is 9.29 Å². The van der Waals surface area contributed by atoms with Crippen LogP contribution in [-0.4, -0.2) is 4.55 Å². The monoisotopic (exact) mass is 230 g/mol. The zero-order valence-electron chi connectivity index (χ0n) is 8.77. The number of ether oxygens (including phenoxy) is 1. The summed E-state index contributed by atoms with van der Waals surface area (Å²) in [6, 6.07) is 13.2. The SMILES string of the molecule is Cc1ccc2c(c1)Oc1ccccc1[S+]2[O-]. The molecular formula is C13H10O2S. The minimum absolute atomic E-state index is 0.693. The molecule has 1 unspecified atom stereocenters. The summed E-state index contributed by atoms with van der Waals surface area (Å²) in [5.74, 6) is 1.40. The fourth-order valence-corrected chi connectivity index (χ4v) is 2.98. The molecule has 0 radical (unpaired) electrons. The minimum atomic E-state index is -1.12. The molecule has 2 nitrogen and oxygen atoms in total. The lowest BCUT2D eigenvalue weighted by molar-refractivity contribution is 0.442. The van der Waals surface area contributed by atoms with Crippen LogP contribution < -0.4 is 4.74 Å². The van der Waals surface area contributed by atoms with Gasteiger partial charge in [-0.2, -0.15) is 0 Å². The zero-order valence-corrected chi connectivity index (χ0v) is 9.58. The normalized spacial score (nSPS) is 17.2. The highest BCUT2D eigenvalue weighted by atomic mass is 32.2. The quantitative estimate of drug-likeness (QED) is 0.651. The Balaban J connectivity index is 2.18. The smallest absolute Gasteiger partial charge is 0.201 e. The Bertz CT molecular complexity index is 551. The van der Waals surface area contributed by atoms with E-state index >= 15 is 0 Å². The summed E-state index contributed by atoms with van der Waals surface area (Å²) in [5, 5.41) is 0. The molecule has 0 aromatic heterocycles. The number of fused-ring (bicyclic) bond motifs is 2. The summed E-state index contributed by atoms with van der Waals surface area (Å²) in [6.07, 6.45) is 0. The molecule has 16 heavy (non-hydrogen) atoms. The molecule has 2 aromatic carbocycles. The summed E-state index contributed by atoms with van der Waals surface area (Å²) < 4.78 is 18.0. The second-order valence-corrected chi connectivity index (χ2v) is 5.18. The molecule has 0 bridgehead atoms. The van der Waals surface area contributed by atoms with E-state index in [1.165, 1.54) is 0 Å². The number of para-hydroxylation sites is 1. The zero-order chi connectivity index (χ0) is 11.1. The second kappa shape index (κ2) is 3.54. The topological polar surface area (TPSA) is 32.3 Å². The van der Waals surface area contributed by atoms with Gasteiger partial charge in [-0.25, -0.2) is 0 Å². The van der Waals surface area contributed by atoms with Gasteiger partial charge in [0.05, 0.1) is 0 Å². The van der Waals surface area contributed by atoms with Crippen LogP contribution >= 0.6 is 0 Å². The summed E-state index contributed by atoms with van der Waals surface area (Å²) >= 11 is -1.12. The van der Waals surface area contributed by atoms with E-state index in [0.29, 0.717) is 11.5 Å². The van der Waals surface area contributed by atoms with Crippen molar-refractivity contribution in [2.75, 3.05) is 0 Å². The van der Waals surface area contributed by atoms with Crippen LogP contribution in [0.15, 0.2) is 52.3 Å². The number of hydrogen-bond acceptors (Lipinski definition) is 2. The van der Waals surface area contributed by atoms with Gasteiger partial charge in [0, 0.05) is 11.2 Å². The van der Waals surface area contributed by atoms with Gasteiger partial charge in [-0.1, -0.05) is 18.2 Å². The van der Waals surface area contributed by atoms with Crippen molar-refractivity contribution in [1.29, 1.82) is 0 Å². The van der Waals surface area contributed by atoms with Crippen LogP contribution in [0.4, 0.5) is 0 Å². The van der Waals surface area contributed by atoms with E-state index in [1.54, 1.807) is 0 Å². The van der Waals surface area contributed by atoms with Gasteiger partial charge in [0.1, 0.15) is 0 Å². The van der Waals surface area contributed by atoms with Gasteiger partial charge in [0.15, 0.2) is 11.5 Å². The molecule has 0 saturated heterocycles. The Hall–Kier alpha value is -1.45. The minimum Gasteiger partial charge on any atom is -0.606 e. The Morgan fingerprint density at radius 3 is 2.62 bits per heavy atom. The summed E-state index contributed by atoms with van der Waals surface area (Å²) in [4.78, 5) is 1.50. The van der Waals surface area contributed by atoms with Crippen LogP contribution in [0.2, 0.25) is 0 Å². The predicted molar refractivity (Wildman–Crippen MR) is 62.4 cm³/mol. The van der Waals surface area contributed by atoms with E-state index in [0.717, 1.165) is 15.4 Å². The van der Waals surface area contributed by atoms with Crippen molar-refractivity contribution in [3.8, 4) is 11.5 Å². The van der Waals surface area contributed by atoms with Gasteiger partial charge in [-0.05, 0) is 36.8 Å². The van der Waals surface area contributed by atoms with E-state index in [2.05, 4.69) is 0 Å². The molecule has 1 heterocycles. The van der Waals surface area contributed by atoms with Crippen LogP contribution in [0.5, 0.6) is 11.5 Å². The van der Waals surface area contributed by atoms with Crippen LogP contribution in [0.25, 0.3) is 0 Å². The highest BCUT2D eigenvalue weighted by Crippen LogP contribution is 2.42. The number of rotatable bonds is 0. The lowest BCUT2D eigenvalue weighted by Gasteiger charge is -2.21. The van der Waals surface area contributed by atoms with Crippen LogP contribution in [0.3, 0.4) is 0 Å². The Labute approximate surface area is 97.1 Å². The average molecular weight is 230 g/mol. The van der Waals surface area contributed by atoms with Crippen molar-refractivity contribution in [1.82, 2.24) is 0 Å². The molecule has 0 N–H and O–H groups in total. The third-order valence-electron chi connectivity index (χ3n) is 2.57. The van der Waals surface area contributed by atoms with Crippen molar-refractivity contribution in [2.24, 2.45) is 0 Å². The second-order valence-electron chi connectivity index (χ2n) is 3.77. The van der Waals surface area contributed by atoms with E-state index in [1.807, 2.05) is 49.4 Å². The van der Waals surface area contributed by atoms with Gasteiger partial charge in [0.2, 0.25) is 9.79 Å². The van der Waals surface area contributed by atoms with E-state index in [9.17, 15) is 4.55 Å². The molecule has 0 aliphatic carbocycles. The molecule has 1 atom stereocenters. The number of aryl methyl sites for hydroxylation is 1. The summed E-state index contributed by atoms with van der Waals surface area (Å²) in [7, 11) is 0. The molecule has 0 fully saturated rings. The van der Waals surface area contributed by atoms with Gasteiger partial charge in [-0.15, -0.1) is 0 Å². The van der Waals surface area contributed by atoms with E-state index in [4.69, 9.17) is 4.74 Å². The molecule has 3 heteroatoms. The number of benzene rings is 2. The fraction of sp³-hybridized carbons (Fsp3) is 0.0769. The highest BCUT2D eigenvalue weighted by molar-refractivity contribution is 7.91. The first kappa shape index (κ1) is 9.75. The lowest BCUT2D eigenvalue weighted by atomic mass is 10.2. The van der Waals surface area contributed by atoms with Crippen LogP contribution in [-0.2, 0) is 11.2 Å². The third-order valence-corrected chi connectivity index (χ3v) is 4.04. The Morgan fingerprint density at radius 1 is 1.00 bits per heavy atom. The Kier molecular flexibility index (Phi) is 2.16. The highest BCUT2D eigenvalue weighted by Gasteiger charge is 2.29. The standard InChI is InChI=1S/C13H10O2S/c1-9-6-7-13-11(8-9)15-10-4-2-3-5-12(10)16(13)14/h2-8H,1H3. The molecule has 1 aliphatic heterocycles.